The largest absolute Gasteiger partial charge is 0.385 e. The molecule has 0 amide bonds. The van der Waals surface area contributed by atoms with Crippen molar-refractivity contribution in [2.24, 2.45) is 0 Å². The SMILES string of the molecule is COCCCN(C)CCN1CCN(C)CC1. The van der Waals surface area contributed by atoms with Crippen molar-refractivity contribution in [1.82, 2.24) is 14.7 Å². The van der Waals surface area contributed by atoms with Crippen molar-refractivity contribution in [3.05, 3.63) is 0 Å². The number of nitrogens with zero attached hydrogens (tertiary/aromatic N) is 3. The normalized spacial score (nSPS) is 19.5. The summed E-state index contributed by atoms with van der Waals surface area (Å²) in [6, 6.07) is 0. The van der Waals surface area contributed by atoms with Gasteiger partial charge in [-0.05, 0) is 20.5 Å². The van der Waals surface area contributed by atoms with Gasteiger partial charge in [-0.3, -0.25) is 4.90 Å². The van der Waals surface area contributed by atoms with Crippen LogP contribution in [-0.4, -0.2) is 88.3 Å². The molecule has 0 saturated carbocycles. The van der Waals surface area contributed by atoms with Crippen LogP contribution in [0.1, 0.15) is 6.42 Å². The fraction of sp³-hybridized carbons (Fsp3) is 1.00. The highest BCUT2D eigenvalue weighted by Crippen LogP contribution is 1.99. The first kappa shape index (κ1) is 13.9. The highest BCUT2D eigenvalue weighted by atomic mass is 16.5. The quantitative estimate of drug-likeness (QED) is 0.581. The van der Waals surface area contributed by atoms with Gasteiger partial charge >= 0.3 is 0 Å². The molecule has 0 spiro atoms. The van der Waals surface area contributed by atoms with E-state index < -0.39 is 0 Å². The number of rotatable bonds is 7. The Morgan fingerprint density at radius 2 is 1.81 bits per heavy atom. The topological polar surface area (TPSA) is 19.0 Å². The summed E-state index contributed by atoms with van der Waals surface area (Å²) >= 11 is 0. The fourth-order valence-corrected chi connectivity index (χ4v) is 1.97. The molecule has 96 valence electrons. The Labute approximate surface area is 100 Å². The molecule has 1 fully saturated rings. The van der Waals surface area contributed by atoms with Gasteiger partial charge in [0, 0.05) is 59.5 Å². The van der Waals surface area contributed by atoms with Crippen LogP contribution in [-0.2, 0) is 4.74 Å². The van der Waals surface area contributed by atoms with Crippen LogP contribution in [0.3, 0.4) is 0 Å². The molecule has 0 bridgehead atoms. The summed E-state index contributed by atoms with van der Waals surface area (Å²) in [7, 11) is 6.17. The molecule has 0 aromatic heterocycles. The minimum Gasteiger partial charge on any atom is -0.385 e. The molecule has 1 aliphatic rings. The molecule has 16 heavy (non-hydrogen) atoms. The van der Waals surface area contributed by atoms with Gasteiger partial charge < -0.3 is 14.5 Å². The van der Waals surface area contributed by atoms with Gasteiger partial charge in [0.25, 0.3) is 0 Å². The number of hydrogen-bond donors (Lipinski definition) is 0. The first-order valence-electron chi connectivity index (χ1n) is 6.30. The van der Waals surface area contributed by atoms with E-state index in [9.17, 15) is 0 Å². The molecule has 0 aliphatic carbocycles. The van der Waals surface area contributed by atoms with E-state index in [1.165, 1.54) is 39.3 Å². The third kappa shape index (κ3) is 5.80. The van der Waals surface area contributed by atoms with Crippen LogP contribution < -0.4 is 0 Å². The highest BCUT2D eigenvalue weighted by molar-refractivity contribution is 4.70. The Morgan fingerprint density at radius 1 is 1.12 bits per heavy atom. The lowest BCUT2D eigenvalue weighted by Crippen LogP contribution is -2.46. The Kier molecular flexibility index (Phi) is 6.96. The lowest BCUT2D eigenvalue weighted by atomic mass is 10.3. The van der Waals surface area contributed by atoms with Crippen LogP contribution in [0.25, 0.3) is 0 Å². The molecule has 0 aromatic rings. The molecular weight excluding hydrogens is 202 g/mol. The summed E-state index contributed by atoms with van der Waals surface area (Å²) in [5.41, 5.74) is 0. The Balaban J connectivity index is 2.00. The van der Waals surface area contributed by atoms with Gasteiger partial charge in [-0.2, -0.15) is 0 Å². The first-order valence-corrected chi connectivity index (χ1v) is 6.30. The molecule has 4 heteroatoms. The van der Waals surface area contributed by atoms with Crippen LogP contribution in [0.2, 0.25) is 0 Å². The van der Waals surface area contributed by atoms with E-state index in [4.69, 9.17) is 4.74 Å². The van der Waals surface area contributed by atoms with Gasteiger partial charge in [0.05, 0.1) is 0 Å². The number of piperazine rings is 1. The first-order chi connectivity index (χ1) is 7.72. The molecule has 1 aliphatic heterocycles. The van der Waals surface area contributed by atoms with Crippen LogP contribution in [0, 0.1) is 0 Å². The van der Waals surface area contributed by atoms with E-state index >= 15 is 0 Å². The smallest absolute Gasteiger partial charge is 0.0474 e. The van der Waals surface area contributed by atoms with Gasteiger partial charge in [0.1, 0.15) is 0 Å². The maximum atomic E-state index is 5.06. The zero-order chi connectivity index (χ0) is 11.8. The van der Waals surface area contributed by atoms with Gasteiger partial charge in [-0.1, -0.05) is 0 Å². The lowest BCUT2D eigenvalue weighted by Gasteiger charge is -2.33. The minimum atomic E-state index is 0.874. The molecule has 0 aromatic carbocycles. The highest BCUT2D eigenvalue weighted by Gasteiger charge is 2.13. The van der Waals surface area contributed by atoms with E-state index in [1.54, 1.807) is 7.11 Å². The molecule has 1 heterocycles. The number of hydrogen-bond acceptors (Lipinski definition) is 4. The third-order valence-corrected chi connectivity index (χ3v) is 3.28. The second-order valence-corrected chi connectivity index (χ2v) is 4.79. The molecule has 4 nitrogen and oxygen atoms in total. The van der Waals surface area contributed by atoms with Crippen LogP contribution >= 0.6 is 0 Å². The van der Waals surface area contributed by atoms with Crippen molar-refractivity contribution in [3.63, 3.8) is 0 Å². The monoisotopic (exact) mass is 229 g/mol. The zero-order valence-corrected chi connectivity index (χ0v) is 11.1. The standard InChI is InChI=1S/C12H27N3O/c1-13(5-4-12-16-3)6-9-15-10-7-14(2)8-11-15/h4-12H2,1-3H3. The average Bonchev–Trinajstić information content (AvgIpc) is 2.29. The molecule has 0 atom stereocenters. The fourth-order valence-electron chi connectivity index (χ4n) is 1.97. The second kappa shape index (κ2) is 8.01. The van der Waals surface area contributed by atoms with Crippen LogP contribution in [0.5, 0.6) is 0 Å². The molecule has 0 unspecified atom stereocenters. The molecule has 0 radical (unpaired) electrons. The summed E-state index contributed by atoms with van der Waals surface area (Å²) in [6.45, 7) is 9.27. The van der Waals surface area contributed by atoms with Gasteiger partial charge in [-0.15, -0.1) is 0 Å². The summed E-state index contributed by atoms with van der Waals surface area (Å²) < 4.78 is 5.06. The Hall–Kier alpha value is -0.160. The molecule has 1 saturated heterocycles. The predicted octanol–water partition coefficient (Wildman–Crippen LogP) is 0.202. The number of methoxy groups -OCH3 is 1. The summed E-state index contributed by atoms with van der Waals surface area (Å²) in [6.07, 6.45) is 1.13. The zero-order valence-electron chi connectivity index (χ0n) is 11.1. The van der Waals surface area contributed by atoms with Crippen molar-refractivity contribution in [3.8, 4) is 0 Å². The van der Waals surface area contributed by atoms with E-state index in [0.29, 0.717) is 0 Å². The molecule has 0 N–H and O–H groups in total. The number of ether oxygens (including phenoxy) is 1. The van der Waals surface area contributed by atoms with E-state index in [-0.39, 0.29) is 0 Å². The maximum Gasteiger partial charge on any atom is 0.0474 e. The molecule has 1 rings (SSSR count). The van der Waals surface area contributed by atoms with E-state index in [0.717, 1.165) is 19.6 Å². The van der Waals surface area contributed by atoms with Gasteiger partial charge in [0.15, 0.2) is 0 Å². The van der Waals surface area contributed by atoms with Gasteiger partial charge in [0.2, 0.25) is 0 Å². The summed E-state index contributed by atoms with van der Waals surface area (Å²) in [5.74, 6) is 0. The predicted molar refractivity (Wildman–Crippen MR) is 67.9 cm³/mol. The summed E-state index contributed by atoms with van der Waals surface area (Å²) in [5, 5.41) is 0. The van der Waals surface area contributed by atoms with Crippen molar-refractivity contribution >= 4 is 0 Å². The van der Waals surface area contributed by atoms with Crippen LogP contribution in [0.4, 0.5) is 0 Å². The van der Waals surface area contributed by atoms with Crippen LogP contribution in [0.15, 0.2) is 0 Å². The van der Waals surface area contributed by atoms with Crippen molar-refractivity contribution in [1.29, 1.82) is 0 Å². The van der Waals surface area contributed by atoms with Crippen molar-refractivity contribution < 1.29 is 4.74 Å². The summed E-state index contributed by atoms with van der Waals surface area (Å²) in [4.78, 5) is 7.36. The minimum absolute atomic E-state index is 0.874. The molecular formula is C12H27N3O. The van der Waals surface area contributed by atoms with Crippen molar-refractivity contribution in [2.75, 3.05) is 73.6 Å². The Morgan fingerprint density at radius 3 is 2.44 bits per heavy atom. The van der Waals surface area contributed by atoms with Crippen molar-refractivity contribution in [2.45, 2.75) is 6.42 Å². The third-order valence-electron chi connectivity index (χ3n) is 3.28. The number of likely N-dealkylation sites (N-methyl/N-ethyl adjacent to an activating group) is 2. The lowest BCUT2D eigenvalue weighted by molar-refractivity contribution is 0.135. The maximum absolute atomic E-state index is 5.06. The van der Waals surface area contributed by atoms with E-state index in [1.807, 2.05) is 0 Å². The average molecular weight is 229 g/mol. The van der Waals surface area contributed by atoms with Gasteiger partial charge in [-0.25, -0.2) is 0 Å². The van der Waals surface area contributed by atoms with E-state index in [2.05, 4.69) is 28.8 Å². The Bertz CT molecular complexity index is 170. The second-order valence-electron chi connectivity index (χ2n) is 4.79.